The Balaban J connectivity index is 1.98. The number of carbonyl (C=O) groups is 6. The molecule has 8 rings (SSSR count). The zero-order valence-corrected chi connectivity index (χ0v) is 24.6. The van der Waals surface area contributed by atoms with Crippen LogP contribution in [0.5, 0.6) is 0 Å². The van der Waals surface area contributed by atoms with Gasteiger partial charge in [-0.05, 0) is 11.1 Å². The first-order valence-electron chi connectivity index (χ1n) is 12.0. The van der Waals surface area contributed by atoms with E-state index >= 15 is 0 Å². The van der Waals surface area contributed by atoms with Gasteiger partial charge in [0.2, 0.25) is 0 Å². The molecule has 0 aromatic rings. The van der Waals surface area contributed by atoms with Gasteiger partial charge >= 0.3 is 23.9 Å². The highest BCUT2D eigenvalue weighted by atomic mass is 79.9. The summed E-state index contributed by atoms with van der Waals surface area (Å²) in [6.45, 7) is 0. The van der Waals surface area contributed by atoms with Crippen LogP contribution in [-0.4, -0.2) is 63.9 Å². The second-order valence-electron chi connectivity index (χ2n) is 10.2. The summed E-state index contributed by atoms with van der Waals surface area (Å²) in [5, 5.41) is 0. The molecule has 40 heavy (non-hydrogen) atoms. The molecule has 8 aliphatic carbocycles. The smallest absolute Gasteiger partial charge is 0.341 e. The van der Waals surface area contributed by atoms with E-state index in [4.69, 9.17) is 18.9 Å². The molecule has 0 aromatic heterocycles. The fourth-order valence-electron chi connectivity index (χ4n) is 8.23. The molecule has 2 spiro atoms. The van der Waals surface area contributed by atoms with Gasteiger partial charge in [-0.25, -0.2) is 9.59 Å². The van der Waals surface area contributed by atoms with E-state index in [1.54, 1.807) is 12.2 Å². The quantitative estimate of drug-likeness (QED) is 0.189. The van der Waals surface area contributed by atoms with E-state index in [0.29, 0.717) is 0 Å². The average molecular weight is 676 g/mol. The highest BCUT2D eigenvalue weighted by molar-refractivity contribution is 9.12. The number of allylic oxidation sites excluding steroid dienone is 10. The minimum Gasteiger partial charge on any atom is -0.468 e. The summed E-state index contributed by atoms with van der Waals surface area (Å²) >= 11 is 7.05. The molecule has 0 unspecified atom stereocenters. The van der Waals surface area contributed by atoms with Crippen molar-refractivity contribution in [3.05, 3.63) is 67.7 Å². The Kier molecular flexibility index (Phi) is 5.43. The van der Waals surface area contributed by atoms with E-state index in [9.17, 15) is 28.8 Å². The fraction of sp³-hybridized carbons (Fsp3) is 0.357. The third-order valence-electron chi connectivity index (χ3n) is 9.37. The number of rotatable bonds is 4. The monoisotopic (exact) mass is 674 g/mol. The van der Waals surface area contributed by atoms with E-state index in [1.807, 2.05) is 0 Å². The predicted molar refractivity (Wildman–Crippen MR) is 141 cm³/mol. The molecule has 4 bridgehead atoms. The highest BCUT2D eigenvalue weighted by Gasteiger charge is 2.90. The third kappa shape index (κ3) is 2.26. The SMILES string of the molecule is COC(=O)C1=C2C=C[C@H]3C(Br)=C[C@@]24[C@@](C(=O)OC)(C1=O)[C@@H]1C=CC2=C(C(=O)OC)C(=O)[C@@]3(C(=O)OC)[C@@]24C=C1Br. The van der Waals surface area contributed by atoms with Crippen molar-refractivity contribution in [2.75, 3.05) is 28.4 Å². The fourth-order valence-corrected chi connectivity index (χ4v) is 9.91. The summed E-state index contributed by atoms with van der Waals surface area (Å²) in [5.41, 5.74) is -9.08. The van der Waals surface area contributed by atoms with Crippen molar-refractivity contribution in [1.82, 2.24) is 0 Å². The van der Waals surface area contributed by atoms with Crippen LogP contribution in [0.15, 0.2) is 67.7 Å². The lowest BCUT2D eigenvalue weighted by Gasteiger charge is -2.63. The molecular formula is C28H20Br2O10. The maximum atomic E-state index is 14.7. The Morgan fingerprint density at radius 3 is 1.30 bits per heavy atom. The van der Waals surface area contributed by atoms with Crippen LogP contribution in [0.4, 0.5) is 0 Å². The van der Waals surface area contributed by atoms with Crippen LogP contribution in [-0.2, 0) is 47.7 Å². The lowest BCUT2D eigenvalue weighted by atomic mass is 9.35. The molecule has 0 fully saturated rings. The summed E-state index contributed by atoms with van der Waals surface area (Å²) in [6, 6.07) is 0. The number of hydrogen-bond donors (Lipinski definition) is 0. The molecule has 6 atom stereocenters. The standard InChI is InChI=1S/C28H20Br2O10/c1-37-21(33)17-13-7-5-12-15(29)9-25(13)26-10-16(30)11(27(25,19(17)31)23(35)39-3)6-8-14(26)18(22(34)38-2)20(32)28(12,26)24(36)40-4/h5-12H,1-4H3/t11-,12+,25-,26+,27-,28+. The van der Waals surface area contributed by atoms with Gasteiger partial charge in [0, 0.05) is 20.8 Å². The lowest BCUT2D eigenvalue weighted by Crippen LogP contribution is -2.70. The van der Waals surface area contributed by atoms with E-state index < -0.39 is 80.1 Å². The molecule has 8 aliphatic rings. The van der Waals surface area contributed by atoms with Gasteiger partial charge in [0.25, 0.3) is 0 Å². The molecule has 0 saturated carbocycles. The number of hydrogen-bond acceptors (Lipinski definition) is 10. The highest BCUT2D eigenvalue weighted by Crippen LogP contribution is 2.85. The van der Waals surface area contributed by atoms with E-state index in [1.165, 1.54) is 24.3 Å². The van der Waals surface area contributed by atoms with Crippen LogP contribution < -0.4 is 0 Å². The molecular weight excluding hydrogens is 656 g/mol. The van der Waals surface area contributed by atoms with Crippen LogP contribution in [0.25, 0.3) is 0 Å². The van der Waals surface area contributed by atoms with Gasteiger partial charge in [-0.3, -0.25) is 19.2 Å². The minimum absolute atomic E-state index is 0.0568. The molecule has 206 valence electrons. The molecule has 10 nitrogen and oxygen atoms in total. The van der Waals surface area contributed by atoms with E-state index in [2.05, 4.69) is 31.9 Å². The number of halogens is 2. The van der Waals surface area contributed by atoms with Crippen molar-refractivity contribution in [1.29, 1.82) is 0 Å². The Labute approximate surface area is 244 Å². The number of carbonyl (C=O) groups excluding carboxylic acids is 6. The molecule has 0 heterocycles. The van der Waals surface area contributed by atoms with Gasteiger partial charge < -0.3 is 18.9 Å². The second kappa shape index (κ2) is 8.10. The Bertz CT molecular complexity index is 1490. The summed E-state index contributed by atoms with van der Waals surface area (Å²) in [7, 11) is 4.41. The number of ketones is 2. The molecule has 0 amide bonds. The van der Waals surface area contributed by atoms with Crippen LogP contribution in [0, 0.1) is 33.5 Å². The first-order chi connectivity index (χ1) is 19.0. The first-order valence-corrected chi connectivity index (χ1v) is 13.6. The largest absolute Gasteiger partial charge is 0.468 e. The Morgan fingerprint density at radius 2 is 1.00 bits per heavy atom. The zero-order chi connectivity index (χ0) is 29.2. The molecule has 0 saturated heterocycles. The predicted octanol–water partition coefficient (Wildman–Crippen LogP) is 2.34. The topological polar surface area (TPSA) is 139 Å². The van der Waals surface area contributed by atoms with Crippen molar-refractivity contribution in [2.45, 2.75) is 0 Å². The van der Waals surface area contributed by atoms with Crippen molar-refractivity contribution < 1.29 is 47.7 Å². The Hall–Kier alpha value is -3.38. The van der Waals surface area contributed by atoms with Crippen molar-refractivity contribution in [2.24, 2.45) is 33.5 Å². The average Bonchev–Trinajstić information content (AvgIpc) is 3.06. The van der Waals surface area contributed by atoms with Gasteiger partial charge in [-0.1, -0.05) is 68.3 Å². The summed E-state index contributed by atoms with van der Waals surface area (Å²) in [4.78, 5) is 84.4. The molecule has 12 heteroatoms. The van der Waals surface area contributed by atoms with Crippen LogP contribution in [0.1, 0.15) is 0 Å². The van der Waals surface area contributed by atoms with E-state index in [0.717, 1.165) is 28.4 Å². The molecule has 0 radical (unpaired) electrons. The lowest BCUT2D eigenvalue weighted by molar-refractivity contribution is -0.184. The third-order valence-corrected chi connectivity index (χ3v) is 10.8. The zero-order valence-electron chi connectivity index (χ0n) is 21.5. The maximum Gasteiger partial charge on any atom is 0.341 e. The number of esters is 4. The maximum absolute atomic E-state index is 14.7. The van der Waals surface area contributed by atoms with Crippen LogP contribution in [0.2, 0.25) is 0 Å². The molecule has 0 aliphatic heterocycles. The molecule has 0 aromatic carbocycles. The Morgan fingerprint density at radius 1 is 0.650 bits per heavy atom. The summed E-state index contributed by atoms with van der Waals surface area (Å²) < 4.78 is 21.2. The summed E-state index contributed by atoms with van der Waals surface area (Å²) in [5.74, 6) is -7.97. The number of methoxy groups -OCH3 is 4. The second-order valence-corrected chi connectivity index (χ2v) is 12.0. The van der Waals surface area contributed by atoms with Gasteiger partial charge in [0.15, 0.2) is 22.4 Å². The van der Waals surface area contributed by atoms with Gasteiger partial charge in [0.1, 0.15) is 11.1 Å². The summed E-state index contributed by atoms with van der Waals surface area (Å²) in [6.07, 6.45) is 9.16. The molecule has 0 N–H and O–H groups in total. The van der Waals surface area contributed by atoms with Crippen molar-refractivity contribution in [3.8, 4) is 0 Å². The number of ether oxygens (including phenoxy) is 4. The number of Topliss-reactive ketones (excluding diaryl/α,β-unsaturated/α-hetero) is 2. The van der Waals surface area contributed by atoms with E-state index in [-0.39, 0.29) is 20.1 Å². The van der Waals surface area contributed by atoms with Crippen LogP contribution >= 0.6 is 31.9 Å². The first kappa shape index (κ1) is 26.8. The van der Waals surface area contributed by atoms with Gasteiger partial charge in [-0.15, -0.1) is 0 Å². The van der Waals surface area contributed by atoms with Crippen molar-refractivity contribution in [3.63, 3.8) is 0 Å². The van der Waals surface area contributed by atoms with Crippen molar-refractivity contribution >= 4 is 67.3 Å². The minimum atomic E-state index is -2.24. The normalized spacial score (nSPS) is 37.5. The van der Waals surface area contributed by atoms with Gasteiger partial charge in [-0.2, -0.15) is 0 Å². The van der Waals surface area contributed by atoms with Gasteiger partial charge in [0.05, 0.1) is 39.3 Å². The van der Waals surface area contributed by atoms with Crippen LogP contribution in [0.3, 0.4) is 0 Å².